The van der Waals surface area contributed by atoms with Gasteiger partial charge in [0.25, 0.3) is 5.91 Å². The first-order valence-electron chi connectivity index (χ1n) is 8.06. The van der Waals surface area contributed by atoms with Crippen molar-refractivity contribution in [1.29, 1.82) is 0 Å². The van der Waals surface area contributed by atoms with Gasteiger partial charge in [0.2, 0.25) is 0 Å². The Bertz CT molecular complexity index is 921. The van der Waals surface area contributed by atoms with Crippen LogP contribution in [-0.2, 0) is 0 Å². The number of anilines is 3. The van der Waals surface area contributed by atoms with Gasteiger partial charge < -0.3 is 10.6 Å². The van der Waals surface area contributed by atoms with Crippen LogP contribution in [0, 0.1) is 20.8 Å². The number of hydrogen-bond acceptors (Lipinski definition) is 4. The molecular formula is C20H20N4O. The standard InChI is InChI=1S/C20H20N4O/c1-13-8-9-17(15(3)10-13)23-19-11-18(21-12-22-19)20(25)24-16-7-5-4-6-14(16)2/h4-12H,1-3H3,(H,24,25)(H,21,22,23). The Morgan fingerprint density at radius 1 is 0.880 bits per heavy atom. The fourth-order valence-electron chi connectivity index (χ4n) is 2.54. The number of nitrogens with zero attached hydrogens (tertiary/aromatic N) is 2. The predicted molar refractivity (Wildman–Crippen MR) is 100 cm³/mol. The van der Waals surface area contributed by atoms with E-state index in [0.29, 0.717) is 11.5 Å². The molecule has 0 aliphatic carbocycles. The molecule has 0 aliphatic heterocycles. The first-order chi connectivity index (χ1) is 12.0. The van der Waals surface area contributed by atoms with Crippen molar-refractivity contribution in [2.45, 2.75) is 20.8 Å². The van der Waals surface area contributed by atoms with E-state index in [0.717, 1.165) is 22.5 Å². The van der Waals surface area contributed by atoms with E-state index in [1.54, 1.807) is 6.07 Å². The third kappa shape index (κ3) is 4.01. The highest BCUT2D eigenvalue weighted by molar-refractivity contribution is 6.03. The van der Waals surface area contributed by atoms with E-state index in [2.05, 4.69) is 33.6 Å². The zero-order chi connectivity index (χ0) is 17.8. The fraction of sp³-hybridized carbons (Fsp3) is 0.150. The molecule has 5 heteroatoms. The molecule has 0 unspecified atom stereocenters. The van der Waals surface area contributed by atoms with Gasteiger partial charge in [-0.1, -0.05) is 35.9 Å². The van der Waals surface area contributed by atoms with Crippen LogP contribution in [0.15, 0.2) is 54.9 Å². The normalized spacial score (nSPS) is 10.4. The van der Waals surface area contributed by atoms with Gasteiger partial charge >= 0.3 is 0 Å². The SMILES string of the molecule is Cc1ccc(Nc2cc(C(=O)Nc3ccccc3C)ncn2)c(C)c1. The maximum Gasteiger partial charge on any atom is 0.274 e. The monoisotopic (exact) mass is 332 g/mol. The smallest absolute Gasteiger partial charge is 0.274 e. The van der Waals surface area contributed by atoms with Crippen LogP contribution in [-0.4, -0.2) is 15.9 Å². The molecule has 0 radical (unpaired) electrons. The van der Waals surface area contributed by atoms with Crippen molar-refractivity contribution >= 4 is 23.1 Å². The summed E-state index contributed by atoms with van der Waals surface area (Å²) < 4.78 is 0. The summed E-state index contributed by atoms with van der Waals surface area (Å²) in [5, 5.41) is 6.12. The maximum absolute atomic E-state index is 12.5. The van der Waals surface area contributed by atoms with E-state index in [9.17, 15) is 4.79 Å². The van der Waals surface area contributed by atoms with Gasteiger partial charge in [0.1, 0.15) is 17.8 Å². The van der Waals surface area contributed by atoms with Crippen molar-refractivity contribution < 1.29 is 4.79 Å². The summed E-state index contributed by atoms with van der Waals surface area (Å²) in [4.78, 5) is 20.7. The molecule has 5 nitrogen and oxygen atoms in total. The second-order valence-electron chi connectivity index (χ2n) is 6.00. The molecule has 0 spiro atoms. The van der Waals surface area contributed by atoms with E-state index in [1.165, 1.54) is 11.9 Å². The highest BCUT2D eigenvalue weighted by Gasteiger charge is 2.11. The molecule has 0 fully saturated rings. The van der Waals surface area contributed by atoms with Gasteiger partial charge in [-0.15, -0.1) is 0 Å². The Hall–Kier alpha value is -3.21. The van der Waals surface area contributed by atoms with Gasteiger partial charge in [0.15, 0.2) is 0 Å². The number of benzene rings is 2. The molecule has 2 N–H and O–H groups in total. The lowest BCUT2D eigenvalue weighted by Gasteiger charge is -2.11. The first-order valence-corrected chi connectivity index (χ1v) is 8.06. The zero-order valence-corrected chi connectivity index (χ0v) is 14.5. The lowest BCUT2D eigenvalue weighted by atomic mass is 10.1. The van der Waals surface area contributed by atoms with Crippen LogP contribution in [0.2, 0.25) is 0 Å². The Morgan fingerprint density at radius 3 is 2.44 bits per heavy atom. The molecule has 0 atom stereocenters. The predicted octanol–water partition coefficient (Wildman–Crippen LogP) is 4.40. The Kier molecular flexibility index (Phi) is 4.75. The number of aromatic nitrogens is 2. The number of aryl methyl sites for hydroxylation is 3. The molecule has 0 aliphatic rings. The van der Waals surface area contributed by atoms with Crippen LogP contribution in [0.5, 0.6) is 0 Å². The summed E-state index contributed by atoms with van der Waals surface area (Å²) in [5.74, 6) is 0.317. The largest absolute Gasteiger partial charge is 0.340 e. The highest BCUT2D eigenvalue weighted by atomic mass is 16.1. The molecule has 0 bridgehead atoms. The van der Waals surface area contributed by atoms with Crippen LogP contribution < -0.4 is 10.6 Å². The quantitative estimate of drug-likeness (QED) is 0.743. The first kappa shape index (κ1) is 16.6. The zero-order valence-electron chi connectivity index (χ0n) is 14.5. The third-order valence-electron chi connectivity index (χ3n) is 3.94. The molecule has 3 rings (SSSR count). The highest BCUT2D eigenvalue weighted by Crippen LogP contribution is 2.21. The summed E-state index contributed by atoms with van der Waals surface area (Å²) >= 11 is 0. The fourth-order valence-corrected chi connectivity index (χ4v) is 2.54. The van der Waals surface area contributed by atoms with Crippen LogP contribution in [0.4, 0.5) is 17.2 Å². The Balaban J connectivity index is 1.79. The van der Waals surface area contributed by atoms with Crippen molar-refractivity contribution in [3.05, 3.63) is 77.2 Å². The minimum absolute atomic E-state index is 0.264. The minimum atomic E-state index is -0.264. The number of carbonyl (C=O) groups is 1. The van der Waals surface area contributed by atoms with E-state index >= 15 is 0 Å². The Labute approximate surface area is 147 Å². The van der Waals surface area contributed by atoms with E-state index in [1.807, 2.05) is 50.2 Å². The van der Waals surface area contributed by atoms with Crippen molar-refractivity contribution in [1.82, 2.24) is 9.97 Å². The van der Waals surface area contributed by atoms with Gasteiger partial charge in [-0.2, -0.15) is 0 Å². The number of amides is 1. The average molecular weight is 332 g/mol. The van der Waals surface area contributed by atoms with Crippen molar-refractivity contribution in [3.63, 3.8) is 0 Å². The van der Waals surface area contributed by atoms with Crippen molar-refractivity contribution in [2.75, 3.05) is 10.6 Å². The van der Waals surface area contributed by atoms with Crippen LogP contribution in [0.25, 0.3) is 0 Å². The van der Waals surface area contributed by atoms with Crippen molar-refractivity contribution in [3.8, 4) is 0 Å². The Morgan fingerprint density at radius 2 is 1.68 bits per heavy atom. The second kappa shape index (κ2) is 7.13. The van der Waals surface area contributed by atoms with Gasteiger partial charge in [0, 0.05) is 17.4 Å². The number of rotatable bonds is 4. The van der Waals surface area contributed by atoms with E-state index in [-0.39, 0.29) is 5.91 Å². The van der Waals surface area contributed by atoms with Crippen molar-refractivity contribution in [2.24, 2.45) is 0 Å². The molecule has 1 amide bonds. The lowest BCUT2D eigenvalue weighted by molar-refractivity contribution is 0.102. The average Bonchev–Trinajstić information content (AvgIpc) is 2.60. The summed E-state index contributed by atoms with van der Waals surface area (Å²) in [5.41, 5.74) is 5.35. The van der Waals surface area contributed by atoms with Crippen LogP contribution >= 0.6 is 0 Å². The summed E-state index contributed by atoms with van der Waals surface area (Å²) in [6.45, 7) is 6.03. The summed E-state index contributed by atoms with van der Waals surface area (Å²) in [6, 6.07) is 15.4. The second-order valence-corrected chi connectivity index (χ2v) is 6.00. The summed E-state index contributed by atoms with van der Waals surface area (Å²) in [6.07, 6.45) is 1.39. The number of para-hydroxylation sites is 1. The van der Waals surface area contributed by atoms with Gasteiger partial charge in [-0.25, -0.2) is 9.97 Å². The van der Waals surface area contributed by atoms with Crippen LogP contribution in [0.3, 0.4) is 0 Å². The van der Waals surface area contributed by atoms with Gasteiger partial charge in [0.05, 0.1) is 0 Å². The third-order valence-corrected chi connectivity index (χ3v) is 3.94. The number of carbonyl (C=O) groups excluding carboxylic acids is 1. The molecule has 2 aromatic carbocycles. The molecule has 0 saturated carbocycles. The molecule has 0 saturated heterocycles. The number of nitrogens with one attached hydrogen (secondary N) is 2. The van der Waals surface area contributed by atoms with E-state index < -0.39 is 0 Å². The molecule has 3 aromatic rings. The van der Waals surface area contributed by atoms with Gasteiger partial charge in [-0.3, -0.25) is 4.79 Å². The van der Waals surface area contributed by atoms with E-state index in [4.69, 9.17) is 0 Å². The van der Waals surface area contributed by atoms with Gasteiger partial charge in [-0.05, 0) is 44.0 Å². The molecule has 25 heavy (non-hydrogen) atoms. The number of hydrogen-bond donors (Lipinski definition) is 2. The molecule has 1 heterocycles. The summed E-state index contributed by atoms with van der Waals surface area (Å²) in [7, 11) is 0. The lowest BCUT2D eigenvalue weighted by Crippen LogP contribution is -2.15. The molecular weight excluding hydrogens is 312 g/mol. The van der Waals surface area contributed by atoms with Crippen LogP contribution in [0.1, 0.15) is 27.2 Å². The maximum atomic E-state index is 12.5. The minimum Gasteiger partial charge on any atom is -0.340 e. The molecule has 126 valence electrons. The molecule has 1 aromatic heterocycles. The topological polar surface area (TPSA) is 66.9 Å².